The van der Waals surface area contributed by atoms with Gasteiger partial charge in [-0.1, -0.05) is 32.9 Å². The number of carbonyl (C=O) groups excluding carboxylic acids is 1. The molecule has 5 nitrogen and oxygen atoms in total. The van der Waals surface area contributed by atoms with E-state index in [4.69, 9.17) is 0 Å². The Morgan fingerprint density at radius 3 is 2.70 bits per heavy atom. The van der Waals surface area contributed by atoms with Gasteiger partial charge in [0.25, 0.3) is 0 Å². The third-order valence-corrected chi connectivity index (χ3v) is 3.25. The molecule has 0 aromatic carbocycles. The van der Waals surface area contributed by atoms with Crippen molar-refractivity contribution in [3.63, 3.8) is 0 Å². The molecule has 0 aliphatic carbocycles. The van der Waals surface area contributed by atoms with Crippen molar-refractivity contribution in [1.82, 2.24) is 19.9 Å². The Morgan fingerprint density at radius 2 is 2.10 bits per heavy atom. The van der Waals surface area contributed by atoms with Crippen molar-refractivity contribution >= 4 is 5.78 Å². The lowest BCUT2D eigenvalue weighted by Gasteiger charge is -2.15. The van der Waals surface area contributed by atoms with E-state index in [-0.39, 0.29) is 5.41 Å². The van der Waals surface area contributed by atoms with Gasteiger partial charge in [-0.25, -0.2) is 4.68 Å². The summed E-state index contributed by atoms with van der Waals surface area (Å²) in [5, 5.41) is 8.29. The average molecular weight is 280 g/mol. The van der Waals surface area contributed by atoms with Gasteiger partial charge in [-0.05, 0) is 32.9 Å². The van der Waals surface area contributed by atoms with Crippen LogP contribution in [0.2, 0.25) is 0 Å². The van der Waals surface area contributed by atoms with Crippen LogP contribution in [0.5, 0.6) is 0 Å². The van der Waals surface area contributed by atoms with Crippen LogP contribution < -0.4 is 0 Å². The third kappa shape index (κ3) is 5.82. The van der Waals surface area contributed by atoms with Crippen molar-refractivity contribution in [3.8, 4) is 0 Å². The number of carbonyl (C=O) groups is 1. The van der Waals surface area contributed by atoms with Gasteiger partial charge in [0.05, 0.1) is 12.4 Å². The Kier molecular flexibility index (Phi) is 6.33. The summed E-state index contributed by atoms with van der Waals surface area (Å²) >= 11 is 0. The van der Waals surface area contributed by atoms with Crippen LogP contribution in [0.15, 0.2) is 6.20 Å². The molecule has 0 unspecified atom stereocenters. The van der Waals surface area contributed by atoms with Gasteiger partial charge < -0.3 is 0 Å². The number of aromatic nitrogens is 3. The first-order valence-corrected chi connectivity index (χ1v) is 7.43. The summed E-state index contributed by atoms with van der Waals surface area (Å²) in [6.07, 6.45) is 5.39. The summed E-state index contributed by atoms with van der Waals surface area (Å²) in [4.78, 5) is 14.0. The van der Waals surface area contributed by atoms with Gasteiger partial charge in [0.2, 0.25) is 0 Å². The maximum Gasteiger partial charge on any atom is 0.138 e. The van der Waals surface area contributed by atoms with Crippen LogP contribution in [-0.4, -0.2) is 39.3 Å². The molecule has 0 atom stereocenters. The van der Waals surface area contributed by atoms with Crippen molar-refractivity contribution in [2.45, 2.75) is 60.0 Å². The molecule has 1 rings (SSSR count). The fourth-order valence-electron chi connectivity index (χ4n) is 2.03. The van der Waals surface area contributed by atoms with E-state index >= 15 is 0 Å². The highest BCUT2D eigenvalue weighted by Crippen LogP contribution is 2.18. The Bertz CT molecular complexity index is 420. The molecule has 20 heavy (non-hydrogen) atoms. The Hall–Kier alpha value is -1.23. The van der Waals surface area contributed by atoms with Gasteiger partial charge in [0.15, 0.2) is 0 Å². The predicted molar refractivity (Wildman–Crippen MR) is 80.3 cm³/mol. The largest absolute Gasteiger partial charge is 0.299 e. The standard InChI is InChI=1S/C15H28N4O/c1-6-10-18(5)12-19-11-13(16-17-19)8-7-9-14(20)15(2,3)4/h11H,6-10,12H2,1-5H3. The number of ketones is 1. The van der Waals surface area contributed by atoms with Crippen LogP contribution >= 0.6 is 0 Å². The predicted octanol–water partition coefficient (Wildman–Crippen LogP) is 2.52. The highest BCUT2D eigenvalue weighted by Gasteiger charge is 2.20. The van der Waals surface area contributed by atoms with Crippen molar-refractivity contribution in [2.24, 2.45) is 5.41 Å². The molecule has 1 aromatic rings. The molecule has 0 amide bonds. The quantitative estimate of drug-likeness (QED) is 0.734. The molecule has 0 N–H and O–H groups in total. The monoisotopic (exact) mass is 280 g/mol. The van der Waals surface area contributed by atoms with Gasteiger partial charge >= 0.3 is 0 Å². The first kappa shape index (κ1) is 16.8. The van der Waals surface area contributed by atoms with Gasteiger partial charge in [0.1, 0.15) is 5.78 Å². The van der Waals surface area contributed by atoms with Crippen LogP contribution in [0.4, 0.5) is 0 Å². The average Bonchev–Trinajstić information content (AvgIpc) is 2.75. The molecule has 5 heteroatoms. The highest BCUT2D eigenvalue weighted by atomic mass is 16.1. The summed E-state index contributed by atoms with van der Waals surface area (Å²) in [6.45, 7) is 9.88. The van der Waals surface area contributed by atoms with E-state index in [1.165, 1.54) is 0 Å². The van der Waals surface area contributed by atoms with Gasteiger partial charge in [-0.3, -0.25) is 9.69 Å². The van der Waals surface area contributed by atoms with Crippen molar-refractivity contribution in [1.29, 1.82) is 0 Å². The summed E-state index contributed by atoms with van der Waals surface area (Å²) < 4.78 is 1.86. The molecule has 0 radical (unpaired) electrons. The molecule has 0 spiro atoms. The molecular weight excluding hydrogens is 252 g/mol. The Labute approximate surface area is 122 Å². The first-order valence-electron chi connectivity index (χ1n) is 7.43. The van der Waals surface area contributed by atoms with Gasteiger partial charge in [-0.15, -0.1) is 5.10 Å². The van der Waals surface area contributed by atoms with Crippen LogP contribution in [0.25, 0.3) is 0 Å². The van der Waals surface area contributed by atoms with Crippen molar-refractivity contribution in [2.75, 3.05) is 13.6 Å². The molecule has 0 saturated carbocycles. The van der Waals surface area contributed by atoms with Crippen molar-refractivity contribution in [3.05, 3.63) is 11.9 Å². The number of nitrogens with zero attached hydrogens (tertiary/aromatic N) is 4. The van der Waals surface area contributed by atoms with Crippen LogP contribution in [0.3, 0.4) is 0 Å². The minimum atomic E-state index is -0.236. The summed E-state index contributed by atoms with van der Waals surface area (Å²) in [5.41, 5.74) is 0.733. The number of aryl methyl sites for hydroxylation is 1. The maximum atomic E-state index is 11.8. The second-order valence-corrected chi connectivity index (χ2v) is 6.50. The Balaban J connectivity index is 2.36. The molecule has 1 heterocycles. The Morgan fingerprint density at radius 1 is 1.40 bits per heavy atom. The second kappa shape index (κ2) is 7.53. The molecular formula is C15H28N4O. The first-order chi connectivity index (χ1) is 9.32. The summed E-state index contributed by atoms with van der Waals surface area (Å²) in [7, 11) is 2.08. The van der Waals surface area contributed by atoms with Crippen LogP contribution in [0.1, 0.15) is 52.7 Å². The minimum absolute atomic E-state index is 0.236. The molecule has 1 aromatic heterocycles. The molecule has 0 bridgehead atoms. The van der Waals surface area contributed by atoms with E-state index in [0.717, 1.165) is 38.2 Å². The molecule has 0 aliphatic heterocycles. The van der Waals surface area contributed by atoms with E-state index in [0.29, 0.717) is 12.2 Å². The molecule has 0 saturated heterocycles. The highest BCUT2D eigenvalue weighted by molar-refractivity contribution is 5.83. The zero-order chi connectivity index (χ0) is 15.2. The molecule has 114 valence electrons. The van der Waals surface area contributed by atoms with E-state index < -0.39 is 0 Å². The molecule has 0 aliphatic rings. The number of rotatable bonds is 8. The van der Waals surface area contributed by atoms with E-state index in [1.807, 2.05) is 31.6 Å². The van der Waals surface area contributed by atoms with Crippen LogP contribution in [-0.2, 0) is 17.9 Å². The SMILES string of the molecule is CCCN(C)Cn1cc(CCCC(=O)C(C)(C)C)nn1. The lowest BCUT2D eigenvalue weighted by atomic mass is 9.88. The summed E-state index contributed by atoms with van der Waals surface area (Å²) in [5.74, 6) is 0.313. The van der Waals surface area contributed by atoms with E-state index in [1.54, 1.807) is 0 Å². The number of hydrogen-bond donors (Lipinski definition) is 0. The van der Waals surface area contributed by atoms with E-state index in [2.05, 4.69) is 29.2 Å². The lowest BCUT2D eigenvalue weighted by Crippen LogP contribution is -2.23. The van der Waals surface area contributed by atoms with Crippen LogP contribution in [0, 0.1) is 5.41 Å². The third-order valence-electron chi connectivity index (χ3n) is 3.25. The fraction of sp³-hybridized carbons (Fsp3) is 0.800. The number of Topliss-reactive ketones (excluding diaryl/α,β-unsaturated/α-hetero) is 1. The maximum absolute atomic E-state index is 11.8. The zero-order valence-electron chi connectivity index (χ0n) is 13.5. The normalized spacial score (nSPS) is 12.1. The lowest BCUT2D eigenvalue weighted by molar-refractivity contribution is -0.126. The zero-order valence-corrected chi connectivity index (χ0v) is 13.5. The number of hydrogen-bond acceptors (Lipinski definition) is 4. The topological polar surface area (TPSA) is 51.0 Å². The molecule has 0 fully saturated rings. The minimum Gasteiger partial charge on any atom is -0.299 e. The van der Waals surface area contributed by atoms with Gasteiger partial charge in [0, 0.05) is 18.0 Å². The second-order valence-electron chi connectivity index (χ2n) is 6.50. The van der Waals surface area contributed by atoms with E-state index in [9.17, 15) is 4.79 Å². The fourth-order valence-corrected chi connectivity index (χ4v) is 2.03. The summed E-state index contributed by atoms with van der Waals surface area (Å²) in [6, 6.07) is 0. The van der Waals surface area contributed by atoms with Gasteiger partial charge in [-0.2, -0.15) is 0 Å². The smallest absolute Gasteiger partial charge is 0.138 e. The van der Waals surface area contributed by atoms with Crippen molar-refractivity contribution < 1.29 is 4.79 Å².